The molecule has 2 atom stereocenters. The van der Waals surface area contributed by atoms with Crippen molar-refractivity contribution < 1.29 is 9.53 Å². The monoisotopic (exact) mass is 375 g/mol. The topological polar surface area (TPSA) is 38.3 Å². The summed E-state index contributed by atoms with van der Waals surface area (Å²) in [4.78, 5) is 11.8. The van der Waals surface area contributed by atoms with E-state index in [1.54, 1.807) is 0 Å². The van der Waals surface area contributed by atoms with Crippen molar-refractivity contribution in [1.29, 1.82) is 0 Å². The number of rotatable bonds is 6. The Labute approximate surface area is 151 Å². The van der Waals surface area contributed by atoms with Crippen molar-refractivity contribution in [3.63, 3.8) is 0 Å². The fourth-order valence-electron chi connectivity index (χ4n) is 2.40. The molecule has 1 aliphatic rings. The number of carbonyl (C=O) groups excluding carboxylic acids is 1. The Bertz CT molecular complexity index is 534. The number of alkyl halides is 3. The largest absolute Gasteiger partial charge is 0.446 e. The van der Waals surface area contributed by atoms with E-state index in [1.807, 2.05) is 36.4 Å². The molecule has 0 fully saturated rings. The van der Waals surface area contributed by atoms with Crippen molar-refractivity contribution in [2.24, 2.45) is 0 Å². The Hall–Kier alpha value is -0.900. The van der Waals surface area contributed by atoms with Crippen LogP contribution in [0.5, 0.6) is 0 Å². The molecule has 3 nitrogen and oxygen atoms in total. The van der Waals surface area contributed by atoms with E-state index in [4.69, 9.17) is 39.5 Å². The van der Waals surface area contributed by atoms with Crippen LogP contribution in [0.15, 0.2) is 42.5 Å². The van der Waals surface area contributed by atoms with Gasteiger partial charge in [0.1, 0.15) is 6.61 Å². The molecule has 1 aromatic rings. The number of benzene rings is 1. The van der Waals surface area contributed by atoms with Crippen LogP contribution in [0.4, 0.5) is 4.79 Å². The Morgan fingerprint density at radius 3 is 2.74 bits per heavy atom. The molecule has 0 bridgehead atoms. The maximum atomic E-state index is 11.8. The highest BCUT2D eigenvalue weighted by molar-refractivity contribution is 6.48. The van der Waals surface area contributed by atoms with Gasteiger partial charge in [0.05, 0.1) is 11.4 Å². The Kier molecular flexibility index (Phi) is 7.07. The van der Waals surface area contributed by atoms with Gasteiger partial charge in [-0.3, -0.25) is 0 Å². The van der Waals surface area contributed by atoms with Gasteiger partial charge in [0.25, 0.3) is 0 Å². The molecule has 0 aromatic heterocycles. The van der Waals surface area contributed by atoms with Crippen molar-refractivity contribution in [2.75, 3.05) is 6.61 Å². The molecule has 23 heavy (non-hydrogen) atoms. The summed E-state index contributed by atoms with van der Waals surface area (Å²) in [5.74, 6) is 0. The maximum absolute atomic E-state index is 11.8. The summed E-state index contributed by atoms with van der Waals surface area (Å²) in [6.07, 6.45) is 6.81. The zero-order chi connectivity index (χ0) is 16.7. The minimum atomic E-state index is -1.23. The lowest BCUT2D eigenvalue weighted by Crippen LogP contribution is -2.37. The van der Waals surface area contributed by atoms with E-state index in [2.05, 4.69) is 11.4 Å². The Balaban J connectivity index is 1.77. The van der Waals surface area contributed by atoms with Crippen LogP contribution >= 0.6 is 34.8 Å². The highest BCUT2D eigenvalue weighted by Crippen LogP contribution is 2.36. The minimum absolute atomic E-state index is 0.0152. The van der Waals surface area contributed by atoms with Gasteiger partial charge < -0.3 is 10.1 Å². The van der Waals surface area contributed by atoms with Crippen molar-refractivity contribution >= 4 is 40.9 Å². The minimum Gasteiger partial charge on any atom is -0.446 e. The molecule has 1 amide bonds. The highest BCUT2D eigenvalue weighted by atomic mass is 35.5. The first-order valence-electron chi connectivity index (χ1n) is 7.63. The second-order valence-corrected chi connectivity index (χ2v) is 7.79. The molecule has 0 saturated carbocycles. The van der Waals surface area contributed by atoms with Crippen LogP contribution in [0.3, 0.4) is 0 Å². The summed E-state index contributed by atoms with van der Waals surface area (Å²) in [5, 5.41) is 2.43. The van der Waals surface area contributed by atoms with Crippen molar-refractivity contribution in [3.05, 3.63) is 48.0 Å². The molecule has 0 radical (unpaired) electrons. The van der Waals surface area contributed by atoms with Gasteiger partial charge in [0.2, 0.25) is 0 Å². The van der Waals surface area contributed by atoms with E-state index in [1.165, 1.54) is 0 Å². The summed E-state index contributed by atoms with van der Waals surface area (Å²) in [7, 11) is 0. The van der Waals surface area contributed by atoms with Gasteiger partial charge >= 0.3 is 6.09 Å². The normalized spacial score (nSPS) is 19.2. The predicted molar refractivity (Wildman–Crippen MR) is 95.4 cm³/mol. The zero-order valence-corrected chi connectivity index (χ0v) is 14.9. The highest BCUT2D eigenvalue weighted by Gasteiger charge is 2.30. The Morgan fingerprint density at radius 1 is 1.35 bits per heavy atom. The number of carbonyl (C=O) groups is 1. The third kappa shape index (κ3) is 6.62. The number of alkyl carbamates (subject to hydrolysis) is 1. The number of hydrogen-bond acceptors (Lipinski definition) is 2. The van der Waals surface area contributed by atoms with Crippen LogP contribution < -0.4 is 5.32 Å². The molecule has 1 N–H and O–H groups in total. The van der Waals surface area contributed by atoms with E-state index < -0.39 is 10.4 Å². The fourth-order valence-corrected chi connectivity index (χ4v) is 3.38. The molecular weight excluding hydrogens is 357 g/mol. The average molecular weight is 377 g/mol. The fraction of sp³-hybridized carbons (Fsp3) is 0.471. The van der Waals surface area contributed by atoms with E-state index in [9.17, 15) is 4.79 Å². The molecule has 1 aromatic carbocycles. The molecular formula is C17H20Cl3NO2. The molecule has 0 saturated heterocycles. The second kappa shape index (κ2) is 8.81. The lowest BCUT2D eigenvalue weighted by molar-refractivity contribution is 0.138. The smallest absolute Gasteiger partial charge is 0.407 e. The predicted octanol–water partition coefficient (Wildman–Crippen LogP) is 5.37. The summed E-state index contributed by atoms with van der Waals surface area (Å²) in [5.41, 5.74) is 0.927. The average Bonchev–Trinajstić information content (AvgIpc) is 2.54. The summed E-state index contributed by atoms with van der Waals surface area (Å²) in [6, 6.07) is 9.54. The first kappa shape index (κ1) is 18.4. The molecule has 6 heteroatoms. The van der Waals surface area contributed by atoms with Crippen LogP contribution in [0, 0.1) is 0 Å². The SMILES string of the molecule is O=C(NC1C=CCCC1)OCC(Cl)(Cl)CC(Cl)c1ccccc1. The summed E-state index contributed by atoms with van der Waals surface area (Å²) >= 11 is 18.8. The number of ether oxygens (including phenoxy) is 1. The van der Waals surface area contributed by atoms with Gasteiger partial charge in [-0.25, -0.2) is 4.79 Å². The van der Waals surface area contributed by atoms with Gasteiger partial charge in [-0.2, -0.15) is 0 Å². The number of halogens is 3. The van der Waals surface area contributed by atoms with Crippen LogP contribution in [0.1, 0.15) is 36.6 Å². The summed E-state index contributed by atoms with van der Waals surface area (Å²) < 4.78 is 3.91. The van der Waals surface area contributed by atoms with E-state index in [0.29, 0.717) is 0 Å². The number of hydrogen-bond donors (Lipinski definition) is 1. The van der Waals surface area contributed by atoms with Crippen LogP contribution in [-0.2, 0) is 4.74 Å². The van der Waals surface area contributed by atoms with Gasteiger partial charge in [-0.15, -0.1) is 11.6 Å². The van der Waals surface area contributed by atoms with Crippen LogP contribution in [0.2, 0.25) is 0 Å². The first-order chi connectivity index (χ1) is 11.0. The van der Waals surface area contributed by atoms with Gasteiger partial charge in [-0.1, -0.05) is 65.7 Å². The van der Waals surface area contributed by atoms with E-state index in [-0.39, 0.29) is 24.4 Å². The van der Waals surface area contributed by atoms with Crippen molar-refractivity contribution in [3.8, 4) is 0 Å². The molecule has 126 valence electrons. The second-order valence-electron chi connectivity index (χ2n) is 5.62. The zero-order valence-electron chi connectivity index (χ0n) is 12.7. The van der Waals surface area contributed by atoms with E-state index in [0.717, 1.165) is 24.8 Å². The van der Waals surface area contributed by atoms with Crippen molar-refractivity contribution in [2.45, 2.75) is 41.4 Å². The van der Waals surface area contributed by atoms with Gasteiger partial charge in [0.15, 0.2) is 4.33 Å². The van der Waals surface area contributed by atoms with Crippen LogP contribution in [0.25, 0.3) is 0 Å². The molecule has 2 unspecified atom stereocenters. The maximum Gasteiger partial charge on any atom is 0.407 e. The van der Waals surface area contributed by atoms with Gasteiger partial charge in [-0.05, 0) is 24.8 Å². The standard InChI is InChI=1S/C17H20Cl3NO2/c18-15(13-7-3-1-4-8-13)11-17(19,20)12-23-16(22)21-14-9-5-2-6-10-14/h1,3-5,7-9,14-15H,2,6,10-12H2,(H,21,22). The quantitative estimate of drug-likeness (QED) is 0.536. The van der Waals surface area contributed by atoms with Gasteiger partial charge in [0, 0.05) is 6.42 Å². The Morgan fingerprint density at radius 2 is 2.09 bits per heavy atom. The lowest BCUT2D eigenvalue weighted by atomic mass is 10.0. The number of allylic oxidation sites excluding steroid dienone is 1. The molecule has 0 spiro atoms. The summed E-state index contributed by atoms with van der Waals surface area (Å²) in [6.45, 7) is -0.117. The number of nitrogens with one attached hydrogen (secondary N) is 1. The molecule has 0 aliphatic heterocycles. The third-order valence-corrected chi connectivity index (χ3v) is 4.54. The first-order valence-corrected chi connectivity index (χ1v) is 8.82. The third-order valence-electron chi connectivity index (χ3n) is 3.61. The molecule has 1 aliphatic carbocycles. The molecule has 2 rings (SSSR count). The van der Waals surface area contributed by atoms with Crippen LogP contribution in [-0.4, -0.2) is 23.1 Å². The molecule has 0 heterocycles. The number of amides is 1. The lowest BCUT2D eigenvalue weighted by Gasteiger charge is -2.23. The van der Waals surface area contributed by atoms with Crippen molar-refractivity contribution in [1.82, 2.24) is 5.32 Å². The van der Waals surface area contributed by atoms with E-state index >= 15 is 0 Å².